The van der Waals surface area contributed by atoms with Gasteiger partial charge in [0.1, 0.15) is 0 Å². The number of carbonyl (C=O) groups is 1. The summed E-state index contributed by atoms with van der Waals surface area (Å²) in [4.78, 5) is 26.5. The van der Waals surface area contributed by atoms with E-state index in [0.717, 1.165) is 37.4 Å². The summed E-state index contributed by atoms with van der Waals surface area (Å²) < 4.78 is 1.88. The smallest absolute Gasteiger partial charge is 0.250 e. The summed E-state index contributed by atoms with van der Waals surface area (Å²) >= 11 is 1.71. The molecule has 0 radical (unpaired) electrons. The van der Waals surface area contributed by atoms with E-state index in [1.165, 1.54) is 0 Å². The van der Waals surface area contributed by atoms with Crippen LogP contribution >= 0.6 is 11.8 Å². The van der Waals surface area contributed by atoms with Crippen LogP contribution in [-0.2, 0) is 11.3 Å². The maximum Gasteiger partial charge on any atom is 0.250 e. The zero-order chi connectivity index (χ0) is 15.7. The molecular formula is C16H23N3O2S. The number of likely N-dealkylation sites (tertiary alicyclic amines) is 1. The fraction of sp³-hybridized carbons (Fsp3) is 0.625. The summed E-state index contributed by atoms with van der Waals surface area (Å²) in [5, 5.41) is 0. The Morgan fingerprint density at radius 3 is 3.00 bits per heavy atom. The van der Waals surface area contributed by atoms with Gasteiger partial charge in [-0.3, -0.25) is 9.59 Å². The fourth-order valence-corrected chi connectivity index (χ4v) is 4.17. The van der Waals surface area contributed by atoms with Gasteiger partial charge >= 0.3 is 0 Å². The molecule has 2 aliphatic heterocycles. The Balaban J connectivity index is 1.76. The van der Waals surface area contributed by atoms with Crippen molar-refractivity contribution < 1.29 is 4.79 Å². The minimum absolute atomic E-state index is 0.0653. The molecule has 1 fully saturated rings. The molecule has 2 bridgehead atoms. The molecule has 0 aliphatic carbocycles. The predicted octanol–water partition coefficient (Wildman–Crippen LogP) is 0.874. The third-order valence-corrected chi connectivity index (χ3v) is 5.39. The third-order valence-electron chi connectivity index (χ3n) is 4.74. The van der Waals surface area contributed by atoms with Crippen molar-refractivity contribution in [3.8, 4) is 0 Å². The minimum atomic E-state index is -0.399. The molecule has 1 aromatic rings. The number of carbonyl (C=O) groups excluding carboxylic acids is 1. The first kappa shape index (κ1) is 15.6. The number of amides is 1. The van der Waals surface area contributed by atoms with Gasteiger partial charge in [-0.1, -0.05) is 6.07 Å². The normalized spacial score (nSPS) is 24.7. The lowest BCUT2D eigenvalue weighted by Gasteiger charge is -2.43. The van der Waals surface area contributed by atoms with E-state index < -0.39 is 6.04 Å². The number of hydrogen-bond donors (Lipinski definition) is 1. The van der Waals surface area contributed by atoms with Crippen molar-refractivity contribution in [3.63, 3.8) is 0 Å². The van der Waals surface area contributed by atoms with Crippen LogP contribution in [-0.4, -0.2) is 46.5 Å². The number of nitrogens with zero attached hydrogens (tertiary/aromatic N) is 2. The van der Waals surface area contributed by atoms with Gasteiger partial charge in [0.15, 0.2) is 0 Å². The van der Waals surface area contributed by atoms with Gasteiger partial charge in [-0.05, 0) is 36.8 Å². The molecule has 2 aliphatic rings. The highest BCUT2D eigenvalue weighted by molar-refractivity contribution is 7.98. The van der Waals surface area contributed by atoms with Crippen molar-refractivity contribution in [2.24, 2.45) is 11.7 Å². The lowest BCUT2D eigenvalue weighted by atomic mass is 9.83. The number of thioether (sulfide) groups is 1. The van der Waals surface area contributed by atoms with E-state index in [2.05, 4.69) is 0 Å². The Kier molecular flexibility index (Phi) is 4.59. The number of hydrogen-bond acceptors (Lipinski definition) is 4. The van der Waals surface area contributed by atoms with Crippen LogP contribution in [0.25, 0.3) is 0 Å². The zero-order valence-corrected chi connectivity index (χ0v) is 13.7. The Hall–Kier alpha value is -1.27. The van der Waals surface area contributed by atoms with Gasteiger partial charge in [-0.25, -0.2) is 0 Å². The largest absolute Gasteiger partial charge is 0.340 e. The van der Waals surface area contributed by atoms with Crippen molar-refractivity contribution in [1.82, 2.24) is 9.47 Å². The van der Waals surface area contributed by atoms with E-state index in [4.69, 9.17) is 5.73 Å². The van der Waals surface area contributed by atoms with Gasteiger partial charge < -0.3 is 15.2 Å². The molecule has 0 spiro atoms. The van der Waals surface area contributed by atoms with Gasteiger partial charge in [0.25, 0.3) is 5.56 Å². The van der Waals surface area contributed by atoms with Gasteiger partial charge in [0, 0.05) is 37.3 Å². The van der Waals surface area contributed by atoms with Crippen LogP contribution in [0.1, 0.15) is 24.5 Å². The van der Waals surface area contributed by atoms with E-state index in [1.54, 1.807) is 17.8 Å². The molecule has 5 nitrogen and oxygen atoms in total. The van der Waals surface area contributed by atoms with Crippen molar-refractivity contribution in [1.29, 1.82) is 0 Å². The van der Waals surface area contributed by atoms with Crippen molar-refractivity contribution in [2.45, 2.75) is 31.3 Å². The van der Waals surface area contributed by atoms with Gasteiger partial charge in [-0.15, -0.1) is 0 Å². The lowest BCUT2D eigenvalue weighted by molar-refractivity contribution is -0.135. The predicted molar refractivity (Wildman–Crippen MR) is 89.1 cm³/mol. The van der Waals surface area contributed by atoms with Crippen molar-refractivity contribution >= 4 is 17.7 Å². The second kappa shape index (κ2) is 6.46. The summed E-state index contributed by atoms with van der Waals surface area (Å²) in [5.74, 6) is 1.60. The summed E-state index contributed by atoms with van der Waals surface area (Å²) in [5.41, 5.74) is 7.18. The molecule has 0 saturated carbocycles. The highest BCUT2D eigenvalue weighted by Crippen LogP contribution is 2.35. The maximum atomic E-state index is 12.5. The van der Waals surface area contributed by atoms with Crippen molar-refractivity contribution in [2.75, 3.05) is 25.1 Å². The molecule has 3 heterocycles. The van der Waals surface area contributed by atoms with Crippen molar-refractivity contribution in [3.05, 3.63) is 34.2 Å². The fourth-order valence-electron chi connectivity index (χ4n) is 3.68. The van der Waals surface area contributed by atoms with Crippen LogP contribution in [0, 0.1) is 5.92 Å². The molecule has 6 heteroatoms. The molecule has 0 unspecified atom stereocenters. The number of rotatable bonds is 4. The number of fused-ring (bicyclic) bond motifs is 4. The van der Waals surface area contributed by atoms with E-state index in [1.807, 2.05) is 27.9 Å². The first-order valence-corrected chi connectivity index (χ1v) is 9.22. The van der Waals surface area contributed by atoms with Crippen LogP contribution in [0.5, 0.6) is 0 Å². The quantitative estimate of drug-likeness (QED) is 0.894. The van der Waals surface area contributed by atoms with Crippen LogP contribution in [0.4, 0.5) is 0 Å². The SMILES string of the molecule is CSCC[C@H](N)C(=O)N1C[C@H]2C[C@@H](C1)c1cccc(=O)n1C2. The van der Waals surface area contributed by atoms with Gasteiger partial charge in [-0.2, -0.15) is 11.8 Å². The number of piperidine rings is 1. The van der Waals surface area contributed by atoms with E-state index in [0.29, 0.717) is 12.5 Å². The summed E-state index contributed by atoms with van der Waals surface area (Å²) in [6, 6.07) is 5.05. The number of nitrogens with two attached hydrogens (primary N) is 1. The van der Waals surface area contributed by atoms with Crippen LogP contribution in [0.2, 0.25) is 0 Å². The van der Waals surface area contributed by atoms with Crippen LogP contribution in [0.15, 0.2) is 23.0 Å². The summed E-state index contributed by atoms with van der Waals surface area (Å²) in [7, 11) is 0. The third kappa shape index (κ3) is 2.94. The Morgan fingerprint density at radius 1 is 1.41 bits per heavy atom. The molecule has 1 saturated heterocycles. The Bertz CT molecular complexity index is 616. The van der Waals surface area contributed by atoms with E-state index in [-0.39, 0.29) is 17.4 Å². The summed E-state index contributed by atoms with van der Waals surface area (Å²) in [6.45, 7) is 2.13. The average molecular weight is 321 g/mol. The minimum Gasteiger partial charge on any atom is -0.340 e. The second-order valence-electron chi connectivity index (χ2n) is 6.33. The Labute approximate surface area is 134 Å². The molecule has 1 aromatic heterocycles. The molecular weight excluding hydrogens is 298 g/mol. The van der Waals surface area contributed by atoms with E-state index in [9.17, 15) is 9.59 Å². The van der Waals surface area contributed by atoms with Crippen LogP contribution in [0.3, 0.4) is 0 Å². The summed E-state index contributed by atoms with van der Waals surface area (Å²) in [6.07, 6.45) is 3.81. The molecule has 22 heavy (non-hydrogen) atoms. The lowest BCUT2D eigenvalue weighted by Crippen LogP contribution is -2.53. The topological polar surface area (TPSA) is 68.3 Å². The first-order chi connectivity index (χ1) is 10.6. The molecule has 0 aromatic carbocycles. The highest BCUT2D eigenvalue weighted by atomic mass is 32.2. The number of pyridine rings is 1. The van der Waals surface area contributed by atoms with Crippen LogP contribution < -0.4 is 11.3 Å². The average Bonchev–Trinajstić information content (AvgIpc) is 2.52. The second-order valence-corrected chi connectivity index (χ2v) is 7.31. The monoisotopic (exact) mass is 321 g/mol. The Morgan fingerprint density at radius 2 is 2.23 bits per heavy atom. The first-order valence-electron chi connectivity index (χ1n) is 7.83. The molecule has 2 N–H and O–H groups in total. The zero-order valence-electron chi connectivity index (χ0n) is 12.9. The highest BCUT2D eigenvalue weighted by Gasteiger charge is 2.37. The van der Waals surface area contributed by atoms with Gasteiger partial charge in [0.05, 0.1) is 6.04 Å². The number of aromatic nitrogens is 1. The maximum absolute atomic E-state index is 12.5. The molecule has 3 atom stereocenters. The van der Waals surface area contributed by atoms with E-state index >= 15 is 0 Å². The molecule has 120 valence electrons. The van der Waals surface area contributed by atoms with Gasteiger partial charge in [0.2, 0.25) is 5.91 Å². The standard InChI is InChI=1S/C16H23N3O2S/c1-22-6-5-13(17)16(21)18-8-11-7-12(10-18)14-3-2-4-15(20)19(14)9-11/h2-4,11-13H,5-10,17H2,1H3/t11-,12+,13+/m1/s1. The molecule has 1 amide bonds. The molecule has 3 rings (SSSR count).